The van der Waals surface area contributed by atoms with Crippen LogP contribution in [0.15, 0.2) is 24.3 Å². The number of para-hydroxylation sites is 1. The highest BCUT2D eigenvalue weighted by Crippen LogP contribution is 2.24. The van der Waals surface area contributed by atoms with Crippen LogP contribution < -0.4 is 11.2 Å². The van der Waals surface area contributed by atoms with Crippen molar-refractivity contribution in [2.75, 3.05) is 6.61 Å². The minimum atomic E-state index is -0.490. The molecule has 0 aliphatic carbocycles. The summed E-state index contributed by atoms with van der Waals surface area (Å²) in [7, 11) is 2.01. The summed E-state index contributed by atoms with van der Waals surface area (Å²) in [6.45, 7) is 2.49. The molecule has 0 saturated carbocycles. The Morgan fingerprint density at radius 2 is 2.17 bits per heavy atom. The van der Waals surface area contributed by atoms with Gasteiger partial charge >= 0.3 is 0 Å². The number of amides is 1. The zero-order chi connectivity index (χ0) is 13.1. The van der Waals surface area contributed by atoms with E-state index in [0.717, 1.165) is 5.69 Å². The highest BCUT2D eigenvalue weighted by molar-refractivity contribution is 5.85. The molecule has 1 heterocycles. The summed E-state index contributed by atoms with van der Waals surface area (Å²) in [4.78, 5) is 15.5. The van der Waals surface area contributed by atoms with Gasteiger partial charge in [0.1, 0.15) is 6.61 Å². The van der Waals surface area contributed by atoms with Crippen molar-refractivity contribution in [3.8, 4) is 0 Å². The van der Waals surface area contributed by atoms with Gasteiger partial charge in [0.2, 0.25) is 5.91 Å². The molecule has 0 aliphatic rings. The lowest BCUT2D eigenvalue weighted by Gasteiger charge is -2.07. The quantitative estimate of drug-likeness (QED) is 0.611. The molecule has 3 N–H and O–H groups in total. The first-order chi connectivity index (χ1) is 8.61. The van der Waals surface area contributed by atoms with Crippen molar-refractivity contribution >= 4 is 16.8 Å². The van der Waals surface area contributed by atoms with E-state index in [9.17, 15) is 4.79 Å². The maximum absolute atomic E-state index is 10.5. The monoisotopic (exact) mass is 247 g/mol. The third-order valence-corrected chi connectivity index (χ3v) is 3.06. The second-order valence-electron chi connectivity index (χ2n) is 4.22. The molecular weight excluding hydrogens is 230 g/mol. The topological polar surface area (TPSA) is 69.3 Å². The van der Waals surface area contributed by atoms with E-state index in [1.807, 2.05) is 19.2 Å². The van der Waals surface area contributed by atoms with Gasteiger partial charge in [-0.2, -0.15) is 5.48 Å². The number of nitrogens with two attached hydrogens (primary N) is 1. The van der Waals surface area contributed by atoms with Crippen LogP contribution in [0.2, 0.25) is 0 Å². The van der Waals surface area contributed by atoms with Gasteiger partial charge in [-0.15, -0.1) is 0 Å². The number of hydrogen-bond donors (Lipinski definition) is 2. The Morgan fingerprint density at radius 3 is 2.83 bits per heavy atom. The number of fused-ring (bicyclic) bond motifs is 1. The lowest BCUT2D eigenvalue weighted by Crippen LogP contribution is -2.25. The molecule has 1 aromatic carbocycles. The number of hydroxylamine groups is 1. The molecule has 1 amide bonds. The summed E-state index contributed by atoms with van der Waals surface area (Å²) in [6.07, 6.45) is 0. The Balaban J connectivity index is 2.15. The molecule has 0 fully saturated rings. The van der Waals surface area contributed by atoms with Crippen LogP contribution >= 0.6 is 0 Å². The molecule has 5 heteroatoms. The fraction of sp³-hybridized carbons (Fsp3) is 0.308. The molecule has 1 aromatic heterocycles. The van der Waals surface area contributed by atoms with Gasteiger partial charge in [0, 0.05) is 23.6 Å². The van der Waals surface area contributed by atoms with Gasteiger partial charge in [0.25, 0.3) is 0 Å². The molecule has 5 nitrogen and oxygen atoms in total. The van der Waals surface area contributed by atoms with E-state index in [1.165, 1.54) is 16.5 Å². The lowest BCUT2D eigenvalue weighted by molar-refractivity contribution is -0.125. The average molecular weight is 247 g/mol. The minimum Gasteiger partial charge on any atom is -0.368 e. The lowest BCUT2D eigenvalue weighted by atomic mass is 10.1. The fourth-order valence-electron chi connectivity index (χ4n) is 2.13. The molecule has 0 saturated heterocycles. The average Bonchev–Trinajstić information content (AvgIpc) is 2.59. The van der Waals surface area contributed by atoms with Gasteiger partial charge in [-0.25, -0.2) is 0 Å². The molecule has 2 rings (SSSR count). The SMILES string of the molecule is Cc1c(CNOCC(N)=O)n(C)c2ccccc12. The molecule has 0 unspecified atom stereocenters. The van der Waals surface area contributed by atoms with E-state index < -0.39 is 5.91 Å². The molecule has 18 heavy (non-hydrogen) atoms. The fourth-order valence-corrected chi connectivity index (χ4v) is 2.13. The van der Waals surface area contributed by atoms with Crippen molar-refractivity contribution in [3.05, 3.63) is 35.5 Å². The third kappa shape index (κ3) is 2.37. The van der Waals surface area contributed by atoms with E-state index in [0.29, 0.717) is 6.54 Å². The summed E-state index contributed by atoms with van der Waals surface area (Å²) in [5.74, 6) is -0.490. The van der Waals surface area contributed by atoms with E-state index in [1.54, 1.807) is 0 Å². The van der Waals surface area contributed by atoms with Crippen LogP contribution in [0.4, 0.5) is 0 Å². The van der Waals surface area contributed by atoms with Crippen LogP contribution in [0.5, 0.6) is 0 Å². The predicted molar refractivity (Wildman–Crippen MR) is 69.6 cm³/mol. The Hall–Kier alpha value is -1.85. The molecule has 0 radical (unpaired) electrons. The van der Waals surface area contributed by atoms with Crippen LogP contribution in [-0.2, 0) is 23.2 Å². The van der Waals surface area contributed by atoms with Crippen molar-refractivity contribution in [2.24, 2.45) is 12.8 Å². The summed E-state index contributed by atoms with van der Waals surface area (Å²) in [5.41, 5.74) is 11.3. The van der Waals surface area contributed by atoms with Crippen molar-refractivity contribution in [1.29, 1.82) is 0 Å². The maximum atomic E-state index is 10.5. The third-order valence-electron chi connectivity index (χ3n) is 3.06. The van der Waals surface area contributed by atoms with E-state index in [-0.39, 0.29) is 6.61 Å². The first kappa shape index (κ1) is 12.6. The highest BCUT2D eigenvalue weighted by atomic mass is 16.6. The van der Waals surface area contributed by atoms with Gasteiger partial charge in [-0.3, -0.25) is 9.63 Å². The molecule has 0 aliphatic heterocycles. The maximum Gasteiger partial charge on any atom is 0.245 e. The van der Waals surface area contributed by atoms with E-state index in [4.69, 9.17) is 10.6 Å². The van der Waals surface area contributed by atoms with Gasteiger partial charge in [0.05, 0.1) is 6.54 Å². The Kier molecular flexibility index (Phi) is 3.64. The van der Waals surface area contributed by atoms with Crippen molar-refractivity contribution in [3.63, 3.8) is 0 Å². The standard InChI is InChI=1S/C13H17N3O2/c1-9-10-5-3-4-6-11(10)16(2)12(9)7-15-18-8-13(14)17/h3-6,15H,7-8H2,1-2H3,(H2,14,17). The van der Waals surface area contributed by atoms with Crippen molar-refractivity contribution < 1.29 is 9.63 Å². The van der Waals surface area contributed by atoms with Gasteiger partial charge in [-0.1, -0.05) is 18.2 Å². The van der Waals surface area contributed by atoms with Crippen LogP contribution in [0, 0.1) is 6.92 Å². The van der Waals surface area contributed by atoms with Gasteiger partial charge in [-0.05, 0) is 18.6 Å². The van der Waals surface area contributed by atoms with E-state index >= 15 is 0 Å². The number of rotatable bonds is 5. The summed E-state index contributed by atoms with van der Waals surface area (Å²) in [6, 6.07) is 8.22. The first-order valence-corrected chi connectivity index (χ1v) is 5.77. The van der Waals surface area contributed by atoms with Crippen LogP contribution in [0.25, 0.3) is 10.9 Å². The van der Waals surface area contributed by atoms with Crippen LogP contribution in [0.3, 0.4) is 0 Å². The number of primary amides is 1. The van der Waals surface area contributed by atoms with Crippen molar-refractivity contribution in [1.82, 2.24) is 10.0 Å². The van der Waals surface area contributed by atoms with Gasteiger partial charge in [0.15, 0.2) is 0 Å². The number of hydrogen-bond acceptors (Lipinski definition) is 3. The smallest absolute Gasteiger partial charge is 0.245 e. The molecule has 96 valence electrons. The number of aromatic nitrogens is 1. The number of nitrogens with one attached hydrogen (secondary N) is 1. The number of benzene rings is 1. The highest BCUT2D eigenvalue weighted by Gasteiger charge is 2.10. The second kappa shape index (κ2) is 5.20. The number of carbonyl (C=O) groups is 1. The summed E-state index contributed by atoms with van der Waals surface area (Å²) in [5, 5.41) is 1.23. The largest absolute Gasteiger partial charge is 0.368 e. The van der Waals surface area contributed by atoms with Gasteiger partial charge < -0.3 is 10.3 Å². The minimum absolute atomic E-state index is 0.122. The normalized spacial score (nSPS) is 11.0. The Labute approximate surface area is 105 Å². The zero-order valence-corrected chi connectivity index (χ0v) is 10.6. The number of nitrogens with zero attached hydrogens (tertiary/aromatic N) is 1. The number of aryl methyl sites for hydroxylation is 2. The van der Waals surface area contributed by atoms with Crippen LogP contribution in [0.1, 0.15) is 11.3 Å². The first-order valence-electron chi connectivity index (χ1n) is 5.77. The number of carbonyl (C=O) groups excluding carboxylic acids is 1. The zero-order valence-electron chi connectivity index (χ0n) is 10.6. The predicted octanol–water partition coefficient (Wildman–Crippen LogP) is 0.993. The van der Waals surface area contributed by atoms with Crippen molar-refractivity contribution in [2.45, 2.75) is 13.5 Å². The Bertz CT molecular complexity index is 536. The summed E-state index contributed by atoms with van der Waals surface area (Å²) >= 11 is 0. The molecule has 0 bridgehead atoms. The van der Waals surface area contributed by atoms with E-state index in [2.05, 4.69) is 29.1 Å². The van der Waals surface area contributed by atoms with Crippen LogP contribution in [-0.4, -0.2) is 17.1 Å². The molecule has 0 spiro atoms. The molecular formula is C13H17N3O2. The summed E-state index contributed by atoms with van der Waals surface area (Å²) < 4.78 is 2.12. The molecule has 0 atom stereocenters. The molecule has 2 aromatic rings. The second-order valence-corrected chi connectivity index (χ2v) is 4.22. The Morgan fingerprint density at radius 1 is 1.44 bits per heavy atom.